The molecule has 0 amide bonds. The van der Waals surface area contributed by atoms with E-state index in [1.165, 1.54) is 11.1 Å². The van der Waals surface area contributed by atoms with Crippen molar-refractivity contribution in [3.05, 3.63) is 47.3 Å². The molecule has 4 rings (SSSR count). The highest BCUT2D eigenvalue weighted by molar-refractivity contribution is 5.41. The van der Waals surface area contributed by atoms with E-state index in [0.717, 1.165) is 56.9 Å². The Morgan fingerprint density at radius 3 is 2.96 bits per heavy atom. The first kappa shape index (κ1) is 15.7. The molecule has 1 aromatic carbocycles. The van der Waals surface area contributed by atoms with E-state index in [0.29, 0.717) is 6.61 Å². The zero-order valence-electron chi connectivity index (χ0n) is 14.3. The third kappa shape index (κ3) is 2.94. The Morgan fingerprint density at radius 2 is 2.17 bits per heavy atom. The molecule has 0 unspecified atom stereocenters. The molecule has 0 bridgehead atoms. The standard InChI is InChI=1S/C19H25N3O2/c1-2-22-11-5-16(21-22)14-23-17-3-4-18-15(13-17)6-12-24-19(18)7-9-20-10-8-19/h3-5,11,13,20H,2,6-10,12,14H2,1H3. The highest BCUT2D eigenvalue weighted by atomic mass is 16.5. The molecule has 2 aromatic rings. The predicted octanol–water partition coefficient (Wildman–Crippen LogP) is 2.63. The van der Waals surface area contributed by atoms with Crippen molar-refractivity contribution < 1.29 is 9.47 Å². The van der Waals surface area contributed by atoms with E-state index in [2.05, 4.69) is 35.5 Å². The van der Waals surface area contributed by atoms with Gasteiger partial charge in [0.15, 0.2) is 0 Å². The second kappa shape index (κ2) is 6.57. The number of rotatable bonds is 4. The summed E-state index contributed by atoms with van der Waals surface area (Å²) >= 11 is 0. The van der Waals surface area contributed by atoms with Crippen LogP contribution in [0.3, 0.4) is 0 Å². The molecule has 1 saturated heterocycles. The Morgan fingerprint density at radius 1 is 1.29 bits per heavy atom. The lowest BCUT2D eigenvalue weighted by Crippen LogP contribution is -2.44. The topological polar surface area (TPSA) is 48.3 Å². The number of nitrogens with one attached hydrogen (secondary N) is 1. The maximum absolute atomic E-state index is 6.22. The minimum Gasteiger partial charge on any atom is -0.487 e. The number of ether oxygens (including phenoxy) is 2. The first-order chi connectivity index (χ1) is 11.8. The molecular formula is C19H25N3O2. The van der Waals surface area contributed by atoms with Gasteiger partial charge in [-0.25, -0.2) is 0 Å². The number of aryl methyl sites for hydroxylation is 1. The van der Waals surface area contributed by atoms with E-state index >= 15 is 0 Å². The molecule has 1 N–H and O–H groups in total. The average molecular weight is 327 g/mol. The highest BCUT2D eigenvalue weighted by Gasteiger charge is 2.38. The normalized spacial score (nSPS) is 19.2. The van der Waals surface area contributed by atoms with Crippen LogP contribution in [0.2, 0.25) is 0 Å². The lowest BCUT2D eigenvalue weighted by Gasteiger charge is -2.42. The Hall–Kier alpha value is -1.85. The fourth-order valence-corrected chi connectivity index (χ4v) is 3.80. The molecule has 3 heterocycles. The van der Waals surface area contributed by atoms with Gasteiger partial charge in [-0.2, -0.15) is 5.10 Å². The molecule has 128 valence electrons. The molecule has 5 heteroatoms. The molecule has 0 saturated carbocycles. The van der Waals surface area contributed by atoms with Crippen LogP contribution in [0.4, 0.5) is 0 Å². The van der Waals surface area contributed by atoms with Crippen LogP contribution in [-0.2, 0) is 29.9 Å². The van der Waals surface area contributed by atoms with Crippen molar-refractivity contribution in [1.82, 2.24) is 15.1 Å². The summed E-state index contributed by atoms with van der Waals surface area (Å²) in [4.78, 5) is 0. The SMILES string of the molecule is CCn1ccc(COc2ccc3c(c2)CCOC32CCNCC2)n1. The first-order valence-corrected chi connectivity index (χ1v) is 8.92. The zero-order chi connectivity index (χ0) is 16.4. The van der Waals surface area contributed by atoms with Crippen molar-refractivity contribution in [2.75, 3.05) is 19.7 Å². The molecule has 1 aromatic heterocycles. The van der Waals surface area contributed by atoms with Gasteiger partial charge in [0.25, 0.3) is 0 Å². The monoisotopic (exact) mass is 327 g/mol. The van der Waals surface area contributed by atoms with Crippen LogP contribution in [0.25, 0.3) is 0 Å². The Balaban J connectivity index is 1.50. The average Bonchev–Trinajstić information content (AvgIpc) is 3.09. The van der Waals surface area contributed by atoms with E-state index < -0.39 is 0 Å². The molecule has 0 atom stereocenters. The second-order valence-electron chi connectivity index (χ2n) is 6.61. The van der Waals surface area contributed by atoms with Gasteiger partial charge in [-0.1, -0.05) is 6.07 Å². The summed E-state index contributed by atoms with van der Waals surface area (Å²) in [5, 5.41) is 7.89. The summed E-state index contributed by atoms with van der Waals surface area (Å²) < 4.78 is 14.1. The van der Waals surface area contributed by atoms with Crippen molar-refractivity contribution in [3.8, 4) is 5.75 Å². The van der Waals surface area contributed by atoms with Gasteiger partial charge < -0.3 is 14.8 Å². The van der Waals surface area contributed by atoms with Gasteiger partial charge in [0.1, 0.15) is 12.4 Å². The summed E-state index contributed by atoms with van der Waals surface area (Å²) in [7, 11) is 0. The van der Waals surface area contributed by atoms with Gasteiger partial charge in [0, 0.05) is 12.7 Å². The molecule has 1 fully saturated rings. The maximum Gasteiger partial charge on any atom is 0.132 e. The van der Waals surface area contributed by atoms with Crippen molar-refractivity contribution in [1.29, 1.82) is 0 Å². The third-order valence-electron chi connectivity index (χ3n) is 5.14. The predicted molar refractivity (Wildman–Crippen MR) is 92.1 cm³/mol. The molecule has 5 nitrogen and oxygen atoms in total. The highest BCUT2D eigenvalue weighted by Crippen LogP contribution is 2.41. The van der Waals surface area contributed by atoms with Crippen LogP contribution >= 0.6 is 0 Å². The summed E-state index contributed by atoms with van der Waals surface area (Å²) in [6.07, 6.45) is 5.05. The molecular weight excluding hydrogens is 302 g/mol. The van der Waals surface area contributed by atoms with E-state index in [-0.39, 0.29) is 5.60 Å². The fourth-order valence-electron chi connectivity index (χ4n) is 3.80. The molecule has 0 radical (unpaired) electrons. The third-order valence-corrected chi connectivity index (χ3v) is 5.14. The number of hydrogen-bond donors (Lipinski definition) is 1. The summed E-state index contributed by atoms with van der Waals surface area (Å²) in [6.45, 7) is 6.33. The Kier molecular flexibility index (Phi) is 4.29. The number of hydrogen-bond acceptors (Lipinski definition) is 4. The molecule has 24 heavy (non-hydrogen) atoms. The maximum atomic E-state index is 6.22. The first-order valence-electron chi connectivity index (χ1n) is 8.92. The molecule has 1 spiro atoms. The number of benzene rings is 1. The number of fused-ring (bicyclic) bond motifs is 2. The van der Waals surface area contributed by atoms with Crippen molar-refractivity contribution in [2.45, 2.75) is 44.9 Å². The number of aromatic nitrogens is 2. The lowest BCUT2D eigenvalue weighted by atomic mass is 9.80. The summed E-state index contributed by atoms with van der Waals surface area (Å²) in [5.41, 5.74) is 3.61. The van der Waals surface area contributed by atoms with Crippen LogP contribution in [0.1, 0.15) is 36.6 Å². The van der Waals surface area contributed by atoms with Gasteiger partial charge in [0.2, 0.25) is 0 Å². The lowest BCUT2D eigenvalue weighted by molar-refractivity contribution is -0.0802. The summed E-state index contributed by atoms with van der Waals surface area (Å²) in [5.74, 6) is 0.922. The van der Waals surface area contributed by atoms with E-state index in [9.17, 15) is 0 Å². The second-order valence-corrected chi connectivity index (χ2v) is 6.61. The van der Waals surface area contributed by atoms with Gasteiger partial charge in [-0.05, 0) is 68.6 Å². The van der Waals surface area contributed by atoms with E-state index in [4.69, 9.17) is 9.47 Å². The minimum atomic E-state index is -0.0860. The smallest absolute Gasteiger partial charge is 0.132 e. The van der Waals surface area contributed by atoms with Gasteiger partial charge in [-0.15, -0.1) is 0 Å². The Bertz CT molecular complexity index is 704. The van der Waals surface area contributed by atoms with Crippen LogP contribution < -0.4 is 10.1 Å². The number of nitrogens with zero attached hydrogens (tertiary/aromatic N) is 2. The molecule has 0 aliphatic carbocycles. The van der Waals surface area contributed by atoms with Gasteiger partial charge in [0.05, 0.1) is 17.9 Å². The van der Waals surface area contributed by atoms with Crippen LogP contribution in [0.5, 0.6) is 5.75 Å². The largest absolute Gasteiger partial charge is 0.487 e. The minimum absolute atomic E-state index is 0.0860. The van der Waals surface area contributed by atoms with Crippen molar-refractivity contribution >= 4 is 0 Å². The molecule has 2 aliphatic heterocycles. The van der Waals surface area contributed by atoms with E-state index in [1.54, 1.807) is 0 Å². The van der Waals surface area contributed by atoms with Crippen LogP contribution in [0, 0.1) is 0 Å². The van der Waals surface area contributed by atoms with Crippen molar-refractivity contribution in [3.63, 3.8) is 0 Å². The zero-order valence-corrected chi connectivity index (χ0v) is 14.3. The molecule has 2 aliphatic rings. The fraction of sp³-hybridized carbons (Fsp3) is 0.526. The number of piperidine rings is 1. The van der Waals surface area contributed by atoms with E-state index in [1.807, 2.05) is 16.9 Å². The van der Waals surface area contributed by atoms with Crippen molar-refractivity contribution in [2.24, 2.45) is 0 Å². The summed E-state index contributed by atoms with van der Waals surface area (Å²) in [6, 6.07) is 8.49. The van der Waals surface area contributed by atoms with Gasteiger partial charge >= 0.3 is 0 Å². The van der Waals surface area contributed by atoms with Crippen LogP contribution in [-0.4, -0.2) is 29.5 Å². The Labute approximate surface area is 143 Å². The van der Waals surface area contributed by atoms with Crippen LogP contribution in [0.15, 0.2) is 30.5 Å². The quantitative estimate of drug-likeness (QED) is 0.938. The van der Waals surface area contributed by atoms with Gasteiger partial charge in [-0.3, -0.25) is 4.68 Å².